The monoisotopic (exact) mass is 374 g/mol. The van der Waals surface area contributed by atoms with Crippen molar-refractivity contribution in [3.8, 4) is 0 Å². The first-order valence-corrected chi connectivity index (χ1v) is 8.91. The third kappa shape index (κ3) is 5.17. The number of benzene rings is 2. The molecular weight excluding hydrogens is 352 g/mol. The highest BCUT2D eigenvalue weighted by Gasteiger charge is 2.09. The van der Waals surface area contributed by atoms with E-state index in [4.69, 9.17) is 0 Å². The van der Waals surface area contributed by atoms with Crippen LogP contribution in [0.4, 0.5) is 17.2 Å². The molecule has 2 amide bonds. The van der Waals surface area contributed by atoms with E-state index >= 15 is 0 Å². The van der Waals surface area contributed by atoms with E-state index in [2.05, 4.69) is 27.8 Å². The summed E-state index contributed by atoms with van der Waals surface area (Å²) >= 11 is 0. The van der Waals surface area contributed by atoms with Gasteiger partial charge in [0.2, 0.25) is 5.91 Å². The van der Waals surface area contributed by atoms with Gasteiger partial charge in [-0.2, -0.15) is 0 Å². The first-order chi connectivity index (χ1) is 13.5. The van der Waals surface area contributed by atoms with Gasteiger partial charge in [0.15, 0.2) is 0 Å². The number of carbonyl (C=O) groups excluding carboxylic acids is 2. The third-order valence-electron chi connectivity index (χ3n) is 4.13. The lowest BCUT2D eigenvalue weighted by Gasteiger charge is -2.18. The Labute approximate surface area is 164 Å². The van der Waals surface area contributed by atoms with E-state index in [9.17, 15) is 9.59 Å². The van der Waals surface area contributed by atoms with Crippen molar-refractivity contribution in [2.24, 2.45) is 0 Å². The van der Waals surface area contributed by atoms with Crippen LogP contribution >= 0.6 is 0 Å². The van der Waals surface area contributed by atoms with Gasteiger partial charge >= 0.3 is 0 Å². The van der Waals surface area contributed by atoms with Crippen molar-refractivity contribution in [1.82, 2.24) is 4.98 Å². The van der Waals surface area contributed by atoms with Crippen LogP contribution < -0.4 is 15.5 Å². The quantitative estimate of drug-likeness (QED) is 0.686. The fourth-order valence-corrected chi connectivity index (χ4v) is 2.73. The summed E-state index contributed by atoms with van der Waals surface area (Å²) in [6.45, 7) is 2.18. The lowest BCUT2D eigenvalue weighted by molar-refractivity contribution is -0.114. The molecule has 0 atom stereocenters. The zero-order valence-electron chi connectivity index (χ0n) is 15.8. The molecule has 3 rings (SSSR count). The molecule has 0 bridgehead atoms. The summed E-state index contributed by atoms with van der Waals surface area (Å²) in [6, 6.07) is 20.7. The number of amides is 2. The Hall–Kier alpha value is -3.67. The number of nitrogens with zero attached hydrogens (tertiary/aromatic N) is 2. The van der Waals surface area contributed by atoms with Crippen LogP contribution in [-0.4, -0.2) is 23.8 Å². The molecule has 6 nitrogen and oxygen atoms in total. The Morgan fingerprint density at radius 1 is 0.893 bits per heavy atom. The molecule has 28 heavy (non-hydrogen) atoms. The summed E-state index contributed by atoms with van der Waals surface area (Å²) in [7, 11) is 1.96. The summed E-state index contributed by atoms with van der Waals surface area (Å²) in [5.41, 5.74) is 2.99. The highest BCUT2D eigenvalue weighted by Crippen LogP contribution is 2.16. The molecule has 6 heteroatoms. The second kappa shape index (κ2) is 8.81. The summed E-state index contributed by atoms with van der Waals surface area (Å²) in [5, 5.41) is 5.51. The number of hydrogen-bond donors (Lipinski definition) is 2. The molecule has 2 aromatic carbocycles. The van der Waals surface area contributed by atoms with Crippen molar-refractivity contribution < 1.29 is 9.59 Å². The average Bonchev–Trinajstić information content (AvgIpc) is 2.70. The molecule has 1 aromatic heterocycles. The minimum Gasteiger partial charge on any atom is -0.355 e. The van der Waals surface area contributed by atoms with Crippen molar-refractivity contribution in [3.05, 3.63) is 84.1 Å². The molecule has 0 unspecified atom stereocenters. The van der Waals surface area contributed by atoms with Gasteiger partial charge in [-0.25, -0.2) is 4.98 Å². The number of pyridine rings is 1. The SMILES string of the molecule is CC(=O)Nc1ccc(NC(=O)c2ccc(N(C)Cc3ccccc3)nc2)cc1. The zero-order valence-corrected chi connectivity index (χ0v) is 15.8. The topological polar surface area (TPSA) is 74.3 Å². The molecule has 1 heterocycles. The van der Waals surface area contributed by atoms with Gasteiger partial charge in [0.1, 0.15) is 5.82 Å². The molecule has 2 N–H and O–H groups in total. The summed E-state index contributed by atoms with van der Waals surface area (Å²) in [4.78, 5) is 29.9. The number of aromatic nitrogens is 1. The summed E-state index contributed by atoms with van der Waals surface area (Å²) in [6.07, 6.45) is 1.57. The molecule has 0 saturated heterocycles. The van der Waals surface area contributed by atoms with Gasteiger partial charge < -0.3 is 15.5 Å². The fraction of sp³-hybridized carbons (Fsp3) is 0.136. The number of anilines is 3. The van der Waals surface area contributed by atoms with Gasteiger partial charge in [-0.05, 0) is 42.0 Å². The van der Waals surface area contributed by atoms with E-state index in [1.54, 1.807) is 36.5 Å². The van der Waals surface area contributed by atoms with Crippen LogP contribution in [0.5, 0.6) is 0 Å². The van der Waals surface area contributed by atoms with Crippen LogP contribution in [0.15, 0.2) is 72.9 Å². The van der Waals surface area contributed by atoms with E-state index in [1.807, 2.05) is 36.2 Å². The first kappa shape index (κ1) is 19.1. The molecule has 3 aromatic rings. The Balaban J connectivity index is 1.61. The van der Waals surface area contributed by atoms with Crippen molar-refractivity contribution in [2.45, 2.75) is 13.5 Å². The van der Waals surface area contributed by atoms with Crippen LogP contribution in [0, 0.1) is 0 Å². The standard InChI is InChI=1S/C22H22N4O2/c1-16(27)24-19-9-11-20(12-10-19)25-22(28)18-8-13-21(23-14-18)26(2)15-17-6-4-3-5-7-17/h3-14H,15H2,1-2H3,(H,24,27)(H,25,28). The normalized spacial score (nSPS) is 10.2. The van der Waals surface area contributed by atoms with Crippen LogP contribution in [0.3, 0.4) is 0 Å². The van der Waals surface area contributed by atoms with E-state index in [1.165, 1.54) is 12.5 Å². The largest absolute Gasteiger partial charge is 0.355 e. The van der Waals surface area contributed by atoms with Crippen LogP contribution in [0.1, 0.15) is 22.8 Å². The van der Waals surface area contributed by atoms with Crippen molar-refractivity contribution >= 4 is 29.0 Å². The molecule has 0 saturated carbocycles. The Kier molecular flexibility index (Phi) is 6.01. The molecule has 0 radical (unpaired) electrons. The molecular formula is C22H22N4O2. The Morgan fingerprint density at radius 3 is 2.11 bits per heavy atom. The van der Waals surface area contributed by atoms with E-state index < -0.39 is 0 Å². The molecule has 0 aliphatic rings. The maximum Gasteiger partial charge on any atom is 0.257 e. The van der Waals surface area contributed by atoms with Crippen LogP contribution in [-0.2, 0) is 11.3 Å². The summed E-state index contributed by atoms with van der Waals surface area (Å²) in [5.74, 6) is 0.414. The minimum atomic E-state index is -0.239. The van der Waals surface area contributed by atoms with Gasteiger partial charge in [0.05, 0.1) is 5.56 Å². The second-order valence-corrected chi connectivity index (χ2v) is 6.46. The van der Waals surface area contributed by atoms with Crippen LogP contribution in [0.25, 0.3) is 0 Å². The Morgan fingerprint density at radius 2 is 1.54 bits per heavy atom. The molecule has 0 spiro atoms. The predicted molar refractivity (Wildman–Crippen MR) is 111 cm³/mol. The minimum absolute atomic E-state index is 0.139. The second-order valence-electron chi connectivity index (χ2n) is 6.46. The zero-order chi connectivity index (χ0) is 19.9. The number of rotatable bonds is 6. The van der Waals surface area contributed by atoms with Gasteiger partial charge in [-0.3, -0.25) is 9.59 Å². The smallest absolute Gasteiger partial charge is 0.257 e. The van der Waals surface area contributed by atoms with Crippen LogP contribution in [0.2, 0.25) is 0 Å². The number of carbonyl (C=O) groups is 2. The molecule has 0 aliphatic carbocycles. The lowest BCUT2D eigenvalue weighted by atomic mass is 10.2. The van der Waals surface area contributed by atoms with E-state index in [0.717, 1.165) is 12.4 Å². The lowest BCUT2D eigenvalue weighted by Crippen LogP contribution is -2.18. The first-order valence-electron chi connectivity index (χ1n) is 8.91. The average molecular weight is 374 g/mol. The van der Waals surface area contributed by atoms with Gasteiger partial charge in [-0.1, -0.05) is 30.3 Å². The third-order valence-corrected chi connectivity index (χ3v) is 4.13. The van der Waals surface area contributed by atoms with Gasteiger partial charge in [0, 0.05) is 38.1 Å². The Bertz CT molecular complexity index is 939. The van der Waals surface area contributed by atoms with Gasteiger partial charge in [0.25, 0.3) is 5.91 Å². The fourth-order valence-electron chi connectivity index (χ4n) is 2.73. The highest BCUT2D eigenvalue weighted by atomic mass is 16.2. The van der Waals surface area contributed by atoms with Crippen molar-refractivity contribution in [2.75, 3.05) is 22.6 Å². The molecule has 0 aliphatic heterocycles. The molecule has 142 valence electrons. The highest BCUT2D eigenvalue weighted by molar-refractivity contribution is 6.04. The molecule has 0 fully saturated rings. The van der Waals surface area contributed by atoms with Crippen molar-refractivity contribution in [3.63, 3.8) is 0 Å². The van der Waals surface area contributed by atoms with Crippen molar-refractivity contribution in [1.29, 1.82) is 0 Å². The number of hydrogen-bond acceptors (Lipinski definition) is 4. The number of nitrogens with one attached hydrogen (secondary N) is 2. The summed E-state index contributed by atoms with van der Waals surface area (Å²) < 4.78 is 0. The maximum absolute atomic E-state index is 12.4. The van der Waals surface area contributed by atoms with Gasteiger partial charge in [-0.15, -0.1) is 0 Å². The predicted octanol–water partition coefficient (Wildman–Crippen LogP) is 3.93. The van der Waals surface area contributed by atoms with E-state index in [-0.39, 0.29) is 11.8 Å². The van der Waals surface area contributed by atoms with E-state index in [0.29, 0.717) is 16.9 Å². The maximum atomic E-state index is 12.4.